The number of hydrogen-bond donors (Lipinski definition) is 0. The maximum absolute atomic E-state index is 9.08. The van der Waals surface area contributed by atoms with E-state index in [9.17, 15) is 0 Å². The summed E-state index contributed by atoms with van der Waals surface area (Å²) in [4.78, 5) is 0. The summed E-state index contributed by atoms with van der Waals surface area (Å²) in [6.07, 6.45) is 3.90. The minimum Gasteiger partial charge on any atom is -0.192 e. The number of hydrogen-bond acceptors (Lipinski definition) is 3. The Balaban J connectivity index is 2.17. The molecule has 0 amide bonds. The average molecular weight is 245 g/mol. The van der Waals surface area contributed by atoms with Crippen molar-refractivity contribution in [2.75, 3.05) is 11.5 Å². The number of allylic oxidation sites excluding steroid dienone is 2. The summed E-state index contributed by atoms with van der Waals surface area (Å²) in [5, 5.41) is 9.08. The van der Waals surface area contributed by atoms with Crippen LogP contribution in [0.2, 0.25) is 0 Å². The second kappa shape index (κ2) is 5.83. The molecule has 1 heterocycles. The van der Waals surface area contributed by atoms with Crippen LogP contribution in [0.15, 0.2) is 46.2 Å². The molecule has 1 aliphatic rings. The lowest BCUT2D eigenvalue weighted by Crippen LogP contribution is -1.75. The van der Waals surface area contributed by atoms with Gasteiger partial charge in [-0.05, 0) is 11.6 Å². The van der Waals surface area contributed by atoms with Crippen molar-refractivity contribution in [3.8, 4) is 6.07 Å². The molecule has 0 aromatic heterocycles. The van der Waals surface area contributed by atoms with Gasteiger partial charge in [0.2, 0.25) is 0 Å². The number of thioether (sulfide) groups is 2. The van der Waals surface area contributed by atoms with Crippen LogP contribution in [0.3, 0.4) is 0 Å². The topological polar surface area (TPSA) is 23.8 Å². The summed E-state index contributed by atoms with van der Waals surface area (Å²) in [6, 6.07) is 12.3. The van der Waals surface area contributed by atoms with Gasteiger partial charge in [0.05, 0.1) is 9.81 Å². The first kappa shape index (κ1) is 11.4. The van der Waals surface area contributed by atoms with Crippen LogP contribution in [0.25, 0.3) is 6.08 Å². The SMILES string of the molecule is N#CC(/C=C/c1ccccc1)=C1SCCS1. The first-order valence-electron chi connectivity index (χ1n) is 5.03. The highest BCUT2D eigenvalue weighted by Crippen LogP contribution is 2.38. The van der Waals surface area contributed by atoms with Crippen molar-refractivity contribution < 1.29 is 0 Å². The zero-order valence-electron chi connectivity index (χ0n) is 8.72. The zero-order chi connectivity index (χ0) is 11.2. The number of rotatable bonds is 2. The van der Waals surface area contributed by atoms with Crippen LogP contribution < -0.4 is 0 Å². The molecule has 2 rings (SSSR count). The van der Waals surface area contributed by atoms with E-state index in [4.69, 9.17) is 5.26 Å². The van der Waals surface area contributed by atoms with E-state index >= 15 is 0 Å². The standard InChI is InChI=1S/C13H11NS2/c14-10-12(13-15-8-9-16-13)7-6-11-4-2-1-3-5-11/h1-7H,8-9H2/b7-6+. The van der Waals surface area contributed by atoms with Crippen molar-refractivity contribution in [2.45, 2.75) is 0 Å². The molecule has 80 valence electrons. The third-order valence-electron chi connectivity index (χ3n) is 2.13. The van der Waals surface area contributed by atoms with Crippen LogP contribution in [0.5, 0.6) is 0 Å². The van der Waals surface area contributed by atoms with Gasteiger partial charge in [-0.2, -0.15) is 5.26 Å². The maximum Gasteiger partial charge on any atom is 0.101 e. The highest BCUT2D eigenvalue weighted by atomic mass is 32.2. The Bertz CT molecular complexity index is 447. The van der Waals surface area contributed by atoms with E-state index in [1.165, 1.54) is 0 Å². The minimum absolute atomic E-state index is 0.788. The molecule has 1 aromatic rings. The summed E-state index contributed by atoms with van der Waals surface area (Å²) in [6.45, 7) is 0. The van der Waals surface area contributed by atoms with Crippen molar-refractivity contribution in [2.24, 2.45) is 0 Å². The van der Waals surface area contributed by atoms with Gasteiger partial charge in [-0.1, -0.05) is 36.4 Å². The van der Waals surface area contributed by atoms with Crippen LogP contribution in [0, 0.1) is 11.3 Å². The fourth-order valence-electron chi connectivity index (χ4n) is 1.36. The van der Waals surface area contributed by atoms with Crippen LogP contribution in [-0.4, -0.2) is 11.5 Å². The van der Waals surface area contributed by atoms with E-state index < -0.39 is 0 Å². The molecule has 0 radical (unpaired) electrons. The maximum atomic E-state index is 9.08. The van der Waals surface area contributed by atoms with Crippen LogP contribution in [-0.2, 0) is 0 Å². The first-order chi connectivity index (χ1) is 7.90. The Labute approximate surface area is 104 Å². The Morgan fingerprint density at radius 1 is 1.19 bits per heavy atom. The summed E-state index contributed by atoms with van der Waals surface area (Å²) in [5.74, 6) is 2.23. The molecule has 0 unspecified atom stereocenters. The van der Waals surface area contributed by atoms with Gasteiger partial charge >= 0.3 is 0 Å². The summed E-state index contributed by atoms with van der Waals surface area (Å²) < 4.78 is 1.16. The predicted molar refractivity (Wildman–Crippen MR) is 73.0 cm³/mol. The monoisotopic (exact) mass is 245 g/mol. The van der Waals surface area contributed by atoms with Gasteiger partial charge in [0.15, 0.2) is 0 Å². The molecular weight excluding hydrogens is 234 g/mol. The first-order valence-corrected chi connectivity index (χ1v) is 7.00. The van der Waals surface area contributed by atoms with Crippen molar-refractivity contribution in [1.29, 1.82) is 5.26 Å². The number of nitrogens with zero attached hydrogens (tertiary/aromatic N) is 1. The summed E-state index contributed by atoms with van der Waals surface area (Å²) in [5.41, 5.74) is 1.92. The molecule has 1 saturated heterocycles. The fraction of sp³-hybridized carbons (Fsp3) is 0.154. The molecule has 0 atom stereocenters. The largest absolute Gasteiger partial charge is 0.192 e. The van der Waals surface area contributed by atoms with Crippen molar-refractivity contribution in [1.82, 2.24) is 0 Å². The van der Waals surface area contributed by atoms with Gasteiger partial charge in [0.1, 0.15) is 6.07 Å². The molecule has 0 bridgehead atoms. The number of benzene rings is 1. The number of nitriles is 1. The van der Waals surface area contributed by atoms with Crippen LogP contribution in [0.4, 0.5) is 0 Å². The quantitative estimate of drug-likeness (QED) is 0.738. The molecule has 1 nitrogen and oxygen atoms in total. The van der Waals surface area contributed by atoms with Gasteiger partial charge in [0, 0.05) is 11.5 Å². The minimum atomic E-state index is 0.788. The van der Waals surface area contributed by atoms with Crippen LogP contribution in [0.1, 0.15) is 5.56 Å². The fourth-order valence-corrected chi connectivity index (χ4v) is 3.77. The van der Waals surface area contributed by atoms with Crippen molar-refractivity contribution in [3.63, 3.8) is 0 Å². The second-order valence-electron chi connectivity index (χ2n) is 3.25. The highest BCUT2D eigenvalue weighted by molar-refractivity contribution is 8.25. The third-order valence-corrected chi connectivity index (χ3v) is 4.88. The van der Waals surface area contributed by atoms with E-state index in [0.717, 1.165) is 26.9 Å². The Morgan fingerprint density at radius 3 is 2.50 bits per heavy atom. The smallest absolute Gasteiger partial charge is 0.101 e. The summed E-state index contributed by atoms with van der Waals surface area (Å²) in [7, 11) is 0. The van der Waals surface area contributed by atoms with Gasteiger partial charge in [-0.3, -0.25) is 0 Å². The highest BCUT2D eigenvalue weighted by Gasteiger charge is 2.11. The third kappa shape index (κ3) is 2.94. The molecule has 0 saturated carbocycles. The molecule has 1 aromatic carbocycles. The predicted octanol–water partition coefficient (Wildman–Crippen LogP) is 3.91. The van der Waals surface area contributed by atoms with Gasteiger partial charge < -0.3 is 0 Å². The van der Waals surface area contributed by atoms with E-state index in [2.05, 4.69) is 6.07 Å². The lowest BCUT2D eigenvalue weighted by molar-refractivity contribution is 1.50. The summed E-state index contributed by atoms with van der Waals surface area (Å²) >= 11 is 3.56. The molecule has 1 fully saturated rings. The van der Waals surface area contributed by atoms with Crippen molar-refractivity contribution >= 4 is 29.6 Å². The molecule has 1 aliphatic heterocycles. The Hall–Kier alpha value is -1.11. The van der Waals surface area contributed by atoms with E-state index in [-0.39, 0.29) is 0 Å². The molecule has 16 heavy (non-hydrogen) atoms. The normalized spacial score (nSPS) is 15.3. The van der Waals surface area contributed by atoms with Gasteiger partial charge in [-0.25, -0.2) is 0 Å². The molecule has 0 aliphatic carbocycles. The zero-order valence-corrected chi connectivity index (χ0v) is 10.4. The Kier molecular flexibility index (Phi) is 4.15. The van der Waals surface area contributed by atoms with E-state index in [0.29, 0.717) is 0 Å². The van der Waals surface area contributed by atoms with Gasteiger partial charge in [0.25, 0.3) is 0 Å². The molecule has 3 heteroatoms. The lowest BCUT2D eigenvalue weighted by Gasteiger charge is -1.96. The van der Waals surface area contributed by atoms with Crippen molar-refractivity contribution in [3.05, 3.63) is 51.8 Å². The van der Waals surface area contributed by atoms with Crippen LogP contribution >= 0.6 is 23.5 Å². The molecule has 0 spiro atoms. The molecular formula is C13H11NS2. The van der Waals surface area contributed by atoms with Gasteiger partial charge in [-0.15, -0.1) is 23.5 Å². The van der Waals surface area contributed by atoms with E-state index in [1.54, 1.807) is 23.5 Å². The second-order valence-corrected chi connectivity index (χ2v) is 5.72. The lowest BCUT2D eigenvalue weighted by atomic mass is 10.2. The average Bonchev–Trinajstić information content (AvgIpc) is 2.85. The van der Waals surface area contributed by atoms with E-state index in [1.807, 2.05) is 42.5 Å². The Morgan fingerprint density at radius 2 is 1.88 bits per heavy atom. The molecule has 0 N–H and O–H groups in total.